The van der Waals surface area contributed by atoms with E-state index in [1.54, 1.807) is 16.7 Å². The van der Waals surface area contributed by atoms with Gasteiger partial charge in [-0.05, 0) is 19.3 Å². The number of likely N-dealkylation sites (tertiary alicyclic amines) is 1. The highest BCUT2D eigenvalue weighted by Gasteiger charge is 2.31. The fourth-order valence-electron chi connectivity index (χ4n) is 3.24. The Hall–Kier alpha value is -2.51. The molecule has 1 fully saturated rings. The molecule has 0 aromatic carbocycles. The minimum absolute atomic E-state index is 0.0546. The van der Waals surface area contributed by atoms with Gasteiger partial charge in [0.15, 0.2) is 0 Å². The van der Waals surface area contributed by atoms with Crippen molar-refractivity contribution in [2.75, 3.05) is 19.6 Å². The van der Waals surface area contributed by atoms with Gasteiger partial charge < -0.3 is 15.5 Å². The Morgan fingerprint density at radius 3 is 2.50 bits per heavy atom. The summed E-state index contributed by atoms with van der Waals surface area (Å²) in [5.74, 6) is -0.697. The summed E-state index contributed by atoms with van der Waals surface area (Å²) in [7, 11) is 0. The van der Waals surface area contributed by atoms with Crippen LogP contribution in [0.3, 0.4) is 0 Å². The Labute approximate surface area is 140 Å². The van der Waals surface area contributed by atoms with Gasteiger partial charge in [0, 0.05) is 38.0 Å². The molecule has 3 amide bonds. The van der Waals surface area contributed by atoms with E-state index < -0.39 is 5.91 Å². The van der Waals surface area contributed by atoms with E-state index in [0.29, 0.717) is 51.1 Å². The van der Waals surface area contributed by atoms with Crippen LogP contribution in [0.25, 0.3) is 0 Å². The van der Waals surface area contributed by atoms with Crippen LogP contribution in [0.5, 0.6) is 0 Å². The van der Waals surface area contributed by atoms with Crippen LogP contribution in [0.4, 0.5) is 0 Å². The highest BCUT2D eigenvalue weighted by molar-refractivity contribution is 5.88. The van der Waals surface area contributed by atoms with Crippen molar-refractivity contribution >= 4 is 17.7 Å². The van der Waals surface area contributed by atoms with Crippen LogP contribution in [0.2, 0.25) is 0 Å². The lowest BCUT2D eigenvalue weighted by molar-refractivity contribution is -0.140. The van der Waals surface area contributed by atoms with Crippen molar-refractivity contribution in [1.29, 1.82) is 0 Å². The molecule has 24 heavy (non-hydrogen) atoms. The predicted octanol–water partition coefficient (Wildman–Crippen LogP) is -0.481. The van der Waals surface area contributed by atoms with Crippen LogP contribution in [0.15, 0.2) is 0 Å². The SMILES string of the molecule is CC(=O)N1CCC(C(=O)N2CCc3[c]nc(C(N)=O)nc3C2)CC1. The molecule has 0 aliphatic carbocycles. The normalized spacial score (nSPS) is 18.2. The van der Waals surface area contributed by atoms with Crippen molar-refractivity contribution < 1.29 is 14.4 Å². The summed E-state index contributed by atoms with van der Waals surface area (Å²) >= 11 is 0. The van der Waals surface area contributed by atoms with Gasteiger partial charge in [0.25, 0.3) is 5.91 Å². The zero-order chi connectivity index (χ0) is 17.3. The standard InChI is InChI=1S/C16H20N5O3/c1-10(22)20-5-2-11(3-6-20)16(24)21-7-4-12-8-18-15(14(17)23)19-13(12)9-21/h11H,2-7,9H2,1H3,(H2,17,23). The average molecular weight is 330 g/mol. The molecule has 2 N–H and O–H groups in total. The van der Waals surface area contributed by atoms with Gasteiger partial charge in [-0.2, -0.15) is 0 Å². The molecule has 8 nitrogen and oxygen atoms in total. The summed E-state index contributed by atoms with van der Waals surface area (Å²) in [5.41, 5.74) is 6.67. The van der Waals surface area contributed by atoms with Crippen molar-refractivity contribution in [3.63, 3.8) is 0 Å². The number of carbonyl (C=O) groups is 3. The maximum Gasteiger partial charge on any atom is 0.286 e. The van der Waals surface area contributed by atoms with Crippen LogP contribution in [-0.2, 0) is 22.6 Å². The second kappa shape index (κ2) is 6.54. The number of piperidine rings is 1. The molecule has 1 aromatic heterocycles. The van der Waals surface area contributed by atoms with E-state index in [9.17, 15) is 14.4 Å². The van der Waals surface area contributed by atoms with Crippen LogP contribution >= 0.6 is 0 Å². The average Bonchev–Trinajstić information content (AvgIpc) is 2.60. The quantitative estimate of drug-likeness (QED) is 0.787. The molecule has 3 heterocycles. The van der Waals surface area contributed by atoms with Crippen LogP contribution < -0.4 is 5.73 Å². The van der Waals surface area contributed by atoms with E-state index in [-0.39, 0.29) is 23.6 Å². The first-order chi connectivity index (χ1) is 11.5. The fraction of sp³-hybridized carbons (Fsp3) is 0.562. The Balaban J connectivity index is 1.66. The van der Waals surface area contributed by atoms with Gasteiger partial charge in [0.2, 0.25) is 17.6 Å². The highest BCUT2D eigenvalue weighted by Crippen LogP contribution is 2.23. The highest BCUT2D eigenvalue weighted by atomic mass is 16.2. The van der Waals surface area contributed by atoms with Crippen LogP contribution in [0, 0.1) is 12.1 Å². The molecule has 2 aliphatic rings. The van der Waals surface area contributed by atoms with E-state index in [4.69, 9.17) is 5.73 Å². The van der Waals surface area contributed by atoms with Gasteiger partial charge in [-0.25, -0.2) is 9.97 Å². The van der Waals surface area contributed by atoms with E-state index in [1.807, 2.05) is 0 Å². The number of hydrogen-bond acceptors (Lipinski definition) is 5. The molecular formula is C16H20N5O3. The molecule has 1 aromatic rings. The van der Waals surface area contributed by atoms with E-state index >= 15 is 0 Å². The van der Waals surface area contributed by atoms with Crippen LogP contribution in [0.1, 0.15) is 41.6 Å². The molecule has 1 radical (unpaired) electrons. The van der Waals surface area contributed by atoms with Gasteiger partial charge in [-0.15, -0.1) is 0 Å². The van der Waals surface area contributed by atoms with E-state index in [2.05, 4.69) is 16.2 Å². The summed E-state index contributed by atoms with van der Waals surface area (Å²) in [6, 6.07) is 0. The lowest BCUT2D eigenvalue weighted by Crippen LogP contribution is -2.45. The van der Waals surface area contributed by atoms with Crippen LogP contribution in [-0.4, -0.2) is 57.1 Å². The third kappa shape index (κ3) is 3.22. The number of fused-ring (bicyclic) bond motifs is 1. The van der Waals surface area contributed by atoms with E-state index in [1.165, 1.54) is 0 Å². The van der Waals surface area contributed by atoms with Gasteiger partial charge in [-0.1, -0.05) is 0 Å². The molecule has 3 rings (SSSR count). The molecule has 127 valence electrons. The topological polar surface area (TPSA) is 109 Å². The van der Waals surface area contributed by atoms with Gasteiger partial charge in [-0.3, -0.25) is 14.4 Å². The lowest BCUT2D eigenvalue weighted by Gasteiger charge is -2.35. The minimum atomic E-state index is -0.700. The maximum absolute atomic E-state index is 12.7. The minimum Gasteiger partial charge on any atom is -0.363 e. The van der Waals surface area contributed by atoms with Gasteiger partial charge >= 0.3 is 0 Å². The van der Waals surface area contributed by atoms with Crippen molar-refractivity contribution in [2.24, 2.45) is 11.7 Å². The molecule has 0 atom stereocenters. The maximum atomic E-state index is 12.7. The number of nitrogens with zero attached hydrogens (tertiary/aromatic N) is 4. The number of primary amides is 1. The van der Waals surface area contributed by atoms with E-state index in [0.717, 1.165) is 5.56 Å². The zero-order valence-electron chi connectivity index (χ0n) is 13.6. The number of carbonyl (C=O) groups excluding carboxylic acids is 3. The molecule has 8 heteroatoms. The Bertz CT molecular complexity index is 682. The molecular weight excluding hydrogens is 310 g/mol. The monoisotopic (exact) mass is 330 g/mol. The number of hydrogen-bond donors (Lipinski definition) is 1. The molecule has 0 bridgehead atoms. The number of rotatable bonds is 2. The van der Waals surface area contributed by atoms with Crippen molar-refractivity contribution in [2.45, 2.75) is 32.7 Å². The summed E-state index contributed by atoms with van der Waals surface area (Å²) in [6.07, 6.45) is 4.79. The number of nitrogens with two attached hydrogens (primary N) is 1. The zero-order valence-corrected chi connectivity index (χ0v) is 13.6. The third-order valence-corrected chi connectivity index (χ3v) is 4.68. The fourth-order valence-corrected chi connectivity index (χ4v) is 3.24. The molecule has 2 aliphatic heterocycles. The summed E-state index contributed by atoms with van der Waals surface area (Å²) in [4.78, 5) is 46.8. The largest absolute Gasteiger partial charge is 0.363 e. The first-order valence-corrected chi connectivity index (χ1v) is 8.07. The van der Waals surface area contributed by atoms with Gasteiger partial charge in [0.1, 0.15) is 0 Å². The first kappa shape index (κ1) is 16.4. The van der Waals surface area contributed by atoms with Crippen molar-refractivity contribution in [3.8, 4) is 0 Å². The summed E-state index contributed by atoms with van der Waals surface area (Å²) in [6.45, 7) is 3.74. The molecule has 0 saturated carbocycles. The number of aromatic nitrogens is 2. The van der Waals surface area contributed by atoms with Crippen molar-refractivity contribution in [1.82, 2.24) is 19.8 Å². The lowest BCUT2D eigenvalue weighted by atomic mass is 9.94. The molecule has 1 saturated heterocycles. The Kier molecular flexibility index (Phi) is 4.46. The Morgan fingerprint density at radius 1 is 1.17 bits per heavy atom. The van der Waals surface area contributed by atoms with Gasteiger partial charge in [0.05, 0.1) is 18.4 Å². The summed E-state index contributed by atoms with van der Waals surface area (Å²) in [5, 5.41) is 0. The smallest absolute Gasteiger partial charge is 0.286 e. The first-order valence-electron chi connectivity index (χ1n) is 8.07. The number of amides is 3. The molecule has 0 unspecified atom stereocenters. The van der Waals surface area contributed by atoms with Crippen molar-refractivity contribution in [3.05, 3.63) is 23.3 Å². The second-order valence-corrected chi connectivity index (χ2v) is 6.24. The predicted molar refractivity (Wildman–Crippen MR) is 83.5 cm³/mol. The molecule has 0 spiro atoms. The second-order valence-electron chi connectivity index (χ2n) is 6.24. The summed E-state index contributed by atoms with van der Waals surface area (Å²) < 4.78 is 0. The third-order valence-electron chi connectivity index (χ3n) is 4.68. The Morgan fingerprint density at radius 2 is 1.88 bits per heavy atom.